The molecule has 6 heteroatoms. The maximum Gasteiger partial charge on any atom is 0.158 e. The second-order valence-electron chi connectivity index (χ2n) is 8.09. The fourth-order valence-corrected chi connectivity index (χ4v) is 5.11. The number of amidine groups is 1. The maximum atomic E-state index is 5.10. The summed E-state index contributed by atoms with van der Waals surface area (Å²) in [5.41, 5.74) is 4.42. The average Bonchev–Trinajstić information content (AvgIpc) is 3.05. The molecule has 0 spiro atoms. The van der Waals surface area contributed by atoms with Crippen LogP contribution in [0.5, 0.6) is 0 Å². The van der Waals surface area contributed by atoms with Gasteiger partial charge in [-0.05, 0) is 44.5 Å². The summed E-state index contributed by atoms with van der Waals surface area (Å²) in [7, 11) is 2.25. The number of para-hydroxylation sites is 2. The summed E-state index contributed by atoms with van der Waals surface area (Å²) in [6.45, 7) is 5.04. The molecular formula is C24H27N5S. The number of fused-ring (bicyclic) bond motifs is 2. The second kappa shape index (κ2) is 8.20. The predicted octanol–water partition coefficient (Wildman–Crippen LogP) is 4.84. The van der Waals surface area contributed by atoms with Crippen molar-refractivity contribution in [2.45, 2.75) is 25.8 Å². The summed E-state index contributed by atoms with van der Waals surface area (Å²) >= 11 is 1.70. The Morgan fingerprint density at radius 1 is 1.07 bits per heavy atom. The van der Waals surface area contributed by atoms with Gasteiger partial charge in [0.2, 0.25) is 0 Å². The number of benzene rings is 2. The Labute approximate surface area is 182 Å². The minimum atomic E-state index is 0.497. The molecule has 5 nitrogen and oxygen atoms in total. The van der Waals surface area contributed by atoms with E-state index in [2.05, 4.69) is 77.6 Å². The SMILES string of the molecule is Cc1nc2c(s1)Nc1ccccc1N=C2N1CCN(C)C(CCc2ccccc2)C1. The summed E-state index contributed by atoms with van der Waals surface area (Å²) < 4.78 is 0. The third kappa shape index (κ3) is 3.85. The lowest BCUT2D eigenvalue weighted by atomic mass is 10.0. The van der Waals surface area contributed by atoms with Crippen molar-refractivity contribution < 1.29 is 0 Å². The van der Waals surface area contributed by atoms with Crippen LogP contribution in [0.25, 0.3) is 0 Å². The van der Waals surface area contributed by atoms with Crippen molar-refractivity contribution in [3.8, 4) is 0 Å². The number of nitrogens with zero attached hydrogens (tertiary/aromatic N) is 4. The van der Waals surface area contributed by atoms with Gasteiger partial charge in [-0.15, -0.1) is 11.3 Å². The van der Waals surface area contributed by atoms with Crippen LogP contribution in [0.4, 0.5) is 16.4 Å². The number of thiazole rings is 1. The number of hydrogen-bond donors (Lipinski definition) is 1. The minimum Gasteiger partial charge on any atom is -0.352 e. The number of anilines is 2. The Kier molecular flexibility index (Phi) is 5.27. The number of piperazine rings is 1. The van der Waals surface area contributed by atoms with Crippen LogP contribution in [-0.2, 0) is 6.42 Å². The summed E-state index contributed by atoms with van der Waals surface area (Å²) in [5.74, 6) is 1.00. The van der Waals surface area contributed by atoms with Gasteiger partial charge in [0.15, 0.2) is 5.84 Å². The van der Waals surface area contributed by atoms with Crippen LogP contribution in [-0.4, -0.2) is 53.3 Å². The molecule has 1 fully saturated rings. The van der Waals surface area contributed by atoms with Crippen molar-refractivity contribution in [2.24, 2.45) is 4.99 Å². The molecule has 1 N–H and O–H groups in total. The third-order valence-electron chi connectivity index (χ3n) is 6.01. The molecule has 3 aromatic rings. The molecule has 154 valence electrons. The fourth-order valence-electron chi connectivity index (χ4n) is 4.28. The average molecular weight is 418 g/mol. The molecule has 0 amide bonds. The molecule has 2 aliphatic heterocycles. The van der Waals surface area contributed by atoms with E-state index in [4.69, 9.17) is 9.98 Å². The van der Waals surface area contributed by atoms with E-state index in [0.29, 0.717) is 6.04 Å². The summed E-state index contributed by atoms with van der Waals surface area (Å²) in [5, 5.41) is 5.72. The van der Waals surface area contributed by atoms with Crippen LogP contribution in [0.15, 0.2) is 59.6 Å². The second-order valence-corrected chi connectivity index (χ2v) is 9.30. The molecule has 1 unspecified atom stereocenters. The molecule has 1 atom stereocenters. The fraction of sp³-hybridized carbons (Fsp3) is 0.333. The van der Waals surface area contributed by atoms with Gasteiger partial charge in [0.1, 0.15) is 10.7 Å². The highest BCUT2D eigenvalue weighted by Crippen LogP contribution is 2.37. The topological polar surface area (TPSA) is 43.8 Å². The highest BCUT2D eigenvalue weighted by Gasteiger charge is 2.30. The number of likely N-dealkylation sites (N-methyl/N-ethyl adjacent to an activating group) is 1. The summed E-state index contributed by atoms with van der Waals surface area (Å²) in [6, 6.07) is 19.6. The molecule has 3 heterocycles. The molecule has 0 bridgehead atoms. The van der Waals surface area contributed by atoms with Crippen molar-refractivity contribution >= 4 is 33.5 Å². The zero-order valence-electron chi connectivity index (χ0n) is 17.5. The number of aromatic nitrogens is 1. The zero-order valence-corrected chi connectivity index (χ0v) is 18.3. The Morgan fingerprint density at radius 2 is 1.87 bits per heavy atom. The first-order valence-corrected chi connectivity index (χ1v) is 11.4. The Bertz CT molecular complexity index is 1060. The number of rotatable bonds is 3. The van der Waals surface area contributed by atoms with Crippen LogP contribution in [0.1, 0.15) is 22.7 Å². The molecule has 1 saturated heterocycles. The van der Waals surface area contributed by atoms with E-state index < -0.39 is 0 Å². The van der Waals surface area contributed by atoms with E-state index >= 15 is 0 Å². The van der Waals surface area contributed by atoms with Crippen LogP contribution < -0.4 is 5.32 Å². The highest BCUT2D eigenvalue weighted by atomic mass is 32.1. The highest BCUT2D eigenvalue weighted by molar-refractivity contribution is 7.16. The first kappa shape index (κ1) is 19.3. The van der Waals surface area contributed by atoms with Crippen LogP contribution >= 0.6 is 11.3 Å². The molecular weight excluding hydrogens is 390 g/mol. The van der Waals surface area contributed by atoms with Crippen molar-refractivity contribution in [3.63, 3.8) is 0 Å². The number of aryl methyl sites for hydroxylation is 2. The number of aliphatic imine (C=N–C) groups is 1. The van der Waals surface area contributed by atoms with Crippen molar-refractivity contribution in [1.29, 1.82) is 0 Å². The zero-order chi connectivity index (χ0) is 20.5. The van der Waals surface area contributed by atoms with E-state index in [1.165, 1.54) is 5.56 Å². The largest absolute Gasteiger partial charge is 0.352 e. The van der Waals surface area contributed by atoms with Crippen molar-refractivity contribution in [1.82, 2.24) is 14.8 Å². The van der Waals surface area contributed by atoms with Crippen LogP contribution in [0.2, 0.25) is 0 Å². The first-order valence-electron chi connectivity index (χ1n) is 10.6. The van der Waals surface area contributed by atoms with E-state index in [1.807, 2.05) is 6.07 Å². The quantitative estimate of drug-likeness (QED) is 0.663. The molecule has 1 aromatic heterocycles. The maximum absolute atomic E-state index is 5.10. The monoisotopic (exact) mass is 417 g/mol. The van der Waals surface area contributed by atoms with Gasteiger partial charge in [-0.1, -0.05) is 42.5 Å². The van der Waals surface area contributed by atoms with Gasteiger partial charge in [0.25, 0.3) is 0 Å². The van der Waals surface area contributed by atoms with E-state index in [9.17, 15) is 0 Å². The number of hydrogen-bond acceptors (Lipinski definition) is 6. The van der Waals surface area contributed by atoms with Gasteiger partial charge < -0.3 is 10.2 Å². The molecule has 2 aromatic carbocycles. The Morgan fingerprint density at radius 3 is 2.73 bits per heavy atom. The van der Waals surface area contributed by atoms with E-state index in [0.717, 1.165) is 65.4 Å². The summed E-state index contributed by atoms with van der Waals surface area (Å²) in [4.78, 5) is 14.9. The first-order chi connectivity index (χ1) is 14.7. The molecule has 2 aliphatic rings. The molecule has 5 rings (SSSR count). The summed E-state index contributed by atoms with van der Waals surface area (Å²) in [6.07, 6.45) is 2.24. The molecule has 0 radical (unpaired) electrons. The Balaban J connectivity index is 1.42. The third-order valence-corrected chi connectivity index (χ3v) is 6.90. The lowest BCUT2D eigenvalue weighted by molar-refractivity contribution is 0.134. The van der Waals surface area contributed by atoms with Gasteiger partial charge in [-0.2, -0.15) is 0 Å². The minimum absolute atomic E-state index is 0.497. The molecule has 0 aliphatic carbocycles. The van der Waals surface area contributed by atoms with Gasteiger partial charge in [0, 0.05) is 25.7 Å². The Hall–Kier alpha value is -2.70. The van der Waals surface area contributed by atoms with E-state index in [-0.39, 0.29) is 0 Å². The normalized spacial score (nSPS) is 18.8. The lowest BCUT2D eigenvalue weighted by Crippen LogP contribution is -2.53. The van der Waals surface area contributed by atoms with Crippen molar-refractivity contribution in [2.75, 3.05) is 32.0 Å². The number of nitrogens with one attached hydrogen (secondary N) is 1. The van der Waals surface area contributed by atoms with Crippen LogP contribution in [0, 0.1) is 6.92 Å². The standard InChI is InChI=1S/C24H27N5S/c1-17-25-22-23(26-20-10-6-7-11-21(20)27-24(22)30-17)29-15-14-28(2)19(16-29)13-12-18-8-4-3-5-9-18/h3-11,19,27H,12-16H2,1-2H3. The lowest BCUT2D eigenvalue weighted by Gasteiger charge is -2.40. The molecule has 30 heavy (non-hydrogen) atoms. The molecule has 0 saturated carbocycles. The van der Waals surface area contributed by atoms with Gasteiger partial charge >= 0.3 is 0 Å². The van der Waals surface area contributed by atoms with Crippen molar-refractivity contribution in [3.05, 3.63) is 70.9 Å². The predicted molar refractivity (Wildman–Crippen MR) is 126 cm³/mol. The smallest absolute Gasteiger partial charge is 0.158 e. The van der Waals surface area contributed by atoms with Gasteiger partial charge in [-0.3, -0.25) is 4.90 Å². The van der Waals surface area contributed by atoms with Crippen LogP contribution in [0.3, 0.4) is 0 Å². The van der Waals surface area contributed by atoms with Gasteiger partial charge in [-0.25, -0.2) is 9.98 Å². The van der Waals surface area contributed by atoms with E-state index in [1.54, 1.807) is 11.3 Å². The van der Waals surface area contributed by atoms with Gasteiger partial charge in [0.05, 0.1) is 16.4 Å².